The Bertz CT molecular complexity index is 949. The molecule has 1 aliphatic carbocycles. The Balaban J connectivity index is 1.53. The molecule has 0 saturated heterocycles. The lowest BCUT2D eigenvalue weighted by atomic mass is 9.89. The van der Waals surface area contributed by atoms with E-state index in [-0.39, 0.29) is 5.75 Å². The van der Waals surface area contributed by atoms with Crippen LogP contribution in [0.15, 0.2) is 40.1 Å². The normalized spacial score (nSPS) is 15.3. The van der Waals surface area contributed by atoms with Gasteiger partial charge in [0.1, 0.15) is 17.6 Å². The fourth-order valence-electron chi connectivity index (χ4n) is 3.03. The highest BCUT2D eigenvalue weighted by atomic mass is 16.6. The third-order valence-electron chi connectivity index (χ3n) is 4.30. The Morgan fingerprint density at radius 2 is 2.04 bits per heavy atom. The number of fused-ring (bicyclic) bond motifs is 2. The molecule has 7 heteroatoms. The van der Waals surface area contributed by atoms with Gasteiger partial charge in [-0.05, 0) is 65.0 Å². The first-order valence-electron chi connectivity index (χ1n) is 8.05. The summed E-state index contributed by atoms with van der Waals surface area (Å²) in [6, 6.07) is 9.15. The van der Waals surface area contributed by atoms with Crippen molar-refractivity contribution in [3.63, 3.8) is 0 Å². The molecule has 0 bridgehead atoms. The van der Waals surface area contributed by atoms with E-state index >= 15 is 0 Å². The first-order valence-corrected chi connectivity index (χ1v) is 8.05. The number of methoxy groups -OCH3 is 1. The van der Waals surface area contributed by atoms with Gasteiger partial charge in [0.2, 0.25) is 0 Å². The summed E-state index contributed by atoms with van der Waals surface area (Å²) >= 11 is 0. The van der Waals surface area contributed by atoms with Gasteiger partial charge in [0.05, 0.1) is 12.8 Å². The summed E-state index contributed by atoms with van der Waals surface area (Å²) in [4.78, 5) is 5.53. The maximum atomic E-state index is 10.0. The Hall–Kier alpha value is -3.09. The summed E-state index contributed by atoms with van der Waals surface area (Å²) in [6.07, 6.45) is 2.73. The molecule has 1 aliphatic rings. The molecular weight excluding hydrogens is 322 g/mol. The van der Waals surface area contributed by atoms with Crippen molar-refractivity contribution in [3.05, 3.63) is 47.0 Å². The Morgan fingerprint density at radius 1 is 1.16 bits per heavy atom. The van der Waals surface area contributed by atoms with Crippen LogP contribution in [0.25, 0.3) is 11.0 Å². The first kappa shape index (κ1) is 15.4. The SMILES string of the molecule is COc1cc2c(cc1O)C(=NOCc1ccc3nonc3c1)CCC2. The largest absolute Gasteiger partial charge is 0.504 e. The minimum atomic E-state index is 0.111. The lowest BCUT2D eigenvalue weighted by Gasteiger charge is -2.19. The average molecular weight is 339 g/mol. The number of aromatic nitrogens is 2. The first-order chi connectivity index (χ1) is 12.2. The lowest BCUT2D eigenvalue weighted by Crippen LogP contribution is -2.12. The summed E-state index contributed by atoms with van der Waals surface area (Å²) in [6.45, 7) is 0.323. The second-order valence-corrected chi connectivity index (χ2v) is 5.93. The molecule has 0 amide bonds. The van der Waals surface area contributed by atoms with Gasteiger partial charge in [-0.15, -0.1) is 0 Å². The smallest absolute Gasteiger partial charge is 0.160 e. The molecule has 25 heavy (non-hydrogen) atoms. The minimum Gasteiger partial charge on any atom is -0.504 e. The Labute approximate surface area is 143 Å². The zero-order valence-corrected chi connectivity index (χ0v) is 13.7. The maximum absolute atomic E-state index is 10.0. The quantitative estimate of drug-likeness (QED) is 0.734. The number of benzene rings is 2. The predicted molar refractivity (Wildman–Crippen MR) is 90.7 cm³/mol. The molecule has 4 rings (SSSR count). The fourth-order valence-corrected chi connectivity index (χ4v) is 3.03. The number of hydrogen-bond acceptors (Lipinski definition) is 7. The molecule has 3 aromatic rings. The molecule has 0 radical (unpaired) electrons. The van der Waals surface area contributed by atoms with Crippen LogP contribution in [0.1, 0.15) is 29.5 Å². The summed E-state index contributed by atoms with van der Waals surface area (Å²) in [7, 11) is 1.55. The summed E-state index contributed by atoms with van der Waals surface area (Å²) in [5.41, 5.74) is 5.19. The fraction of sp³-hybridized carbons (Fsp3) is 0.278. The topological polar surface area (TPSA) is 90.0 Å². The minimum absolute atomic E-state index is 0.111. The molecule has 0 aliphatic heterocycles. The number of aryl methyl sites for hydroxylation is 1. The monoisotopic (exact) mass is 339 g/mol. The molecular formula is C18H17N3O4. The van der Waals surface area contributed by atoms with Crippen molar-refractivity contribution in [2.75, 3.05) is 7.11 Å². The van der Waals surface area contributed by atoms with Crippen LogP contribution in [-0.2, 0) is 17.9 Å². The third-order valence-corrected chi connectivity index (χ3v) is 4.30. The molecule has 2 aromatic carbocycles. The number of ether oxygens (including phenoxy) is 1. The summed E-state index contributed by atoms with van der Waals surface area (Å²) in [5.74, 6) is 0.593. The lowest BCUT2D eigenvalue weighted by molar-refractivity contribution is 0.130. The van der Waals surface area contributed by atoms with Crippen LogP contribution < -0.4 is 4.74 Å². The van der Waals surface area contributed by atoms with Crippen LogP contribution >= 0.6 is 0 Å². The maximum Gasteiger partial charge on any atom is 0.160 e. The average Bonchev–Trinajstić information content (AvgIpc) is 3.09. The molecule has 128 valence electrons. The van der Waals surface area contributed by atoms with Crippen LogP contribution in [0.2, 0.25) is 0 Å². The van der Waals surface area contributed by atoms with Crippen molar-refractivity contribution in [1.82, 2.24) is 10.3 Å². The Kier molecular flexibility index (Phi) is 3.97. The summed E-state index contributed by atoms with van der Waals surface area (Å²) < 4.78 is 9.86. The number of phenols is 1. The molecule has 0 saturated carbocycles. The summed E-state index contributed by atoms with van der Waals surface area (Å²) in [5, 5.41) is 21.9. The number of aromatic hydroxyl groups is 1. The highest BCUT2D eigenvalue weighted by Gasteiger charge is 2.19. The second kappa shape index (κ2) is 6.43. The molecule has 0 atom stereocenters. The molecule has 1 N–H and O–H groups in total. The van der Waals surface area contributed by atoms with E-state index in [0.717, 1.165) is 41.7 Å². The van der Waals surface area contributed by atoms with E-state index in [1.54, 1.807) is 13.2 Å². The second-order valence-electron chi connectivity index (χ2n) is 5.93. The van der Waals surface area contributed by atoms with Gasteiger partial charge >= 0.3 is 0 Å². The number of hydrogen-bond donors (Lipinski definition) is 1. The van der Waals surface area contributed by atoms with E-state index in [2.05, 4.69) is 20.1 Å². The van der Waals surface area contributed by atoms with Crippen LogP contribution in [0, 0.1) is 0 Å². The highest BCUT2D eigenvalue weighted by molar-refractivity contribution is 6.03. The number of nitrogens with zero attached hydrogens (tertiary/aromatic N) is 3. The van der Waals surface area contributed by atoms with E-state index in [1.807, 2.05) is 24.3 Å². The molecule has 1 heterocycles. The van der Waals surface area contributed by atoms with Crippen LogP contribution in [0.4, 0.5) is 0 Å². The predicted octanol–water partition coefficient (Wildman–Crippen LogP) is 3.19. The van der Waals surface area contributed by atoms with Crippen molar-refractivity contribution in [2.45, 2.75) is 25.9 Å². The van der Waals surface area contributed by atoms with E-state index in [4.69, 9.17) is 9.57 Å². The van der Waals surface area contributed by atoms with Gasteiger partial charge in [0, 0.05) is 5.56 Å². The highest BCUT2D eigenvalue weighted by Crippen LogP contribution is 2.33. The van der Waals surface area contributed by atoms with E-state index in [1.165, 1.54) is 0 Å². The van der Waals surface area contributed by atoms with Gasteiger partial charge in [0.15, 0.2) is 11.5 Å². The van der Waals surface area contributed by atoms with Crippen molar-refractivity contribution < 1.29 is 19.3 Å². The van der Waals surface area contributed by atoms with Crippen LogP contribution in [0.3, 0.4) is 0 Å². The van der Waals surface area contributed by atoms with Crippen molar-refractivity contribution in [1.29, 1.82) is 0 Å². The molecule has 7 nitrogen and oxygen atoms in total. The van der Waals surface area contributed by atoms with E-state index < -0.39 is 0 Å². The van der Waals surface area contributed by atoms with E-state index in [0.29, 0.717) is 23.4 Å². The number of oxime groups is 1. The zero-order chi connectivity index (χ0) is 17.2. The molecule has 0 spiro atoms. The van der Waals surface area contributed by atoms with Crippen LogP contribution in [0.5, 0.6) is 11.5 Å². The molecule has 1 aromatic heterocycles. The van der Waals surface area contributed by atoms with Gasteiger partial charge in [0.25, 0.3) is 0 Å². The van der Waals surface area contributed by atoms with Gasteiger partial charge < -0.3 is 14.7 Å². The van der Waals surface area contributed by atoms with Crippen molar-refractivity contribution in [2.24, 2.45) is 5.16 Å². The van der Waals surface area contributed by atoms with Gasteiger partial charge in [-0.25, -0.2) is 4.63 Å². The molecule has 0 unspecified atom stereocenters. The van der Waals surface area contributed by atoms with Gasteiger partial charge in [-0.1, -0.05) is 11.2 Å². The number of phenolic OH excluding ortho intramolecular Hbond substituents is 1. The van der Waals surface area contributed by atoms with E-state index in [9.17, 15) is 5.11 Å². The molecule has 0 fully saturated rings. The van der Waals surface area contributed by atoms with Crippen molar-refractivity contribution >= 4 is 16.7 Å². The van der Waals surface area contributed by atoms with Crippen LogP contribution in [-0.4, -0.2) is 28.2 Å². The Morgan fingerprint density at radius 3 is 2.92 bits per heavy atom. The third kappa shape index (κ3) is 3.00. The standard InChI is InChI=1S/C18H17N3O4/c1-23-18-8-12-3-2-4-14(13(12)9-17(18)22)19-24-10-11-5-6-15-16(7-11)21-25-20-15/h5-9,22H,2-4,10H2,1H3. The zero-order valence-electron chi connectivity index (χ0n) is 13.7. The number of rotatable bonds is 4. The van der Waals surface area contributed by atoms with Gasteiger partial charge in [-0.3, -0.25) is 0 Å². The van der Waals surface area contributed by atoms with Crippen molar-refractivity contribution in [3.8, 4) is 11.5 Å². The van der Waals surface area contributed by atoms with Gasteiger partial charge in [-0.2, -0.15) is 0 Å².